The van der Waals surface area contributed by atoms with E-state index in [-0.39, 0.29) is 40.4 Å². The summed E-state index contributed by atoms with van der Waals surface area (Å²) < 4.78 is 13.8. The van der Waals surface area contributed by atoms with Gasteiger partial charge in [-0.2, -0.15) is 0 Å². The van der Waals surface area contributed by atoms with Gasteiger partial charge in [-0.25, -0.2) is 4.39 Å². The van der Waals surface area contributed by atoms with Crippen LogP contribution in [0, 0.1) is 11.2 Å². The summed E-state index contributed by atoms with van der Waals surface area (Å²) in [5, 5.41) is 13.6. The third-order valence-electron chi connectivity index (χ3n) is 4.67. The van der Waals surface area contributed by atoms with Crippen LogP contribution in [-0.4, -0.2) is 46.8 Å². The predicted molar refractivity (Wildman–Crippen MR) is 134 cm³/mol. The van der Waals surface area contributed by atoms with Crippen molar-refractivity contribution in [2.45, 2.75) is 25.7 Å². The zero-order valence-electron chi connectivity index (χ0n) is 18.8. The molecule has 0 bridgehead atoms. The molecular weight excluding hydrogens is 500 g/mol. The number of aryl methyl sites for hydroxylation is 1. The van der Waals surface area contributed by atoms with Crippen LogP contribution in [0.3, 0.4) is 0 Å². The number of anilines is 1. The monoisotopic (exact) mass is 527 g/mol. The number of hydrogen-bond donors (Lipinski definition) is 7. The van der Waals surface area contributed by atoms with Gasteiger partial charge in [0.2, 0.25) is 12.3 Å². The normalized spacial score (nSPS) is 10.2. The Balaban J connectivity index is 0.00000194. The van der Waals surface area contributed by atoms with E-state index in [2.05, 4.69) is 16.4 Å². The smallest absolute Gasteiger partial charge is 0.267 e. The van der Waals surface area contributed by atoms with Crippen LogP contribution >= 0.6 is 20.0 Å². The molecule has 3 amide bonds. The maximum atomic E-state index is 13.8. The molecule has 13 heteroatoms. The van der Waals surface area contributed by atoms with Gasteiger partial charge < -0.3 is 31.9 Å². The second kappa shape index (κ2) is 15.7. The number of hydrogen-bond acceptors (Lipinski definition) is 7. The number of benzene rings is 2. The molecule has 0 radical (unpaired) electrons. The van der Waals surface area contributed by atoms with Crippen LogP contribution in [0.25, 0.3) is 0 Å². The number of carbonyl (C=O) groups excluding carboxylic acids is 3. The van der Waals surface area contributed by atoms with Crippen molar-refractivity contribution in [3.8, 4) is 0 Å². The van der Waals surface area contributed by atoms with Gasteiger partial charge in [-0.05, 0) is 49.1 Å². The fourth-order valence-electron chi connectivity index (χ4n) is 2.98. The molecule has 10 nitrogen and oxygen atoms in total. The quantitative estimate of drug-likeness (QED) is 0.0940. The first kappa shape index (κ1) is 29.9. The molecule has 0 aliphatic heterocycles. The van der Waals surface area contributed by atoms with Gasteiger partial charge in [0, 0.05) is 23.1 Å². The summed E-state index contributed by atoms with van der Waals surface area (Å²) in [5.74, 6) is -1.65. The minimum absolute atomic E-state index is 0.108. The Hall–Kier alpha value is -3.11. The van der Waals surface area contributed by atoms with Gasteiger partial charge in [0.05, 0.1) is 11.6 Å². The maximum Gasteiger partial charge on any atom is 0.267 e. The van der Waals surface area contributed by atoms with Gasteiger partial charge in [-0.1, -0.05) is 30.2 Å². The van der Waals surface area contributed by atoms with E-state index < -0.39 is 25.8 Å². The van der Waals surface area contributed by atoms with E-state index in [0.29, 0.717) is 24.9 Å². The highest BCUT2D eigenvalue weighted by Gasteiger charge is 2.16. The van der Waals surface area contributed by atoms with Crippen LogP contribution in [0.1, 0.15) is 30.4 Å². The fourth-order valence-corrected chi connectivity index (χ4v) is 3.62. The number of primary amides is 2. The van der Waals surface area contributed by atoms with Gasteiger partial charge in [-0.3, -0.25) is 19.8 Å². The Morgan fingerprint density at radius 2 is 1.86 bits per heavy atom. The highest BCUT2D eigenvalue weighted by atomic mass is 35.5. The molecule has 0 fully saturated rings. The third-order valence-corrected chi connectivity index (χ3v) is 5.70. The van der Waals surface area contributed by atoms with Crippen molar-refractivity contribution in [1.82, 2.24) is 5.32 Å². The van der Waals surface area contributed by atoms with Gasteiger partial charge in [0.25, 0.3) is 5.91 Å². The number of amides is 3. The molecule has 190 valence electrons. The van der Waals surface area contributed by atoms with Crippen molar-refractivity contribution in [2.75, 3.05) is 18.4 Å². The minimum atomic E-state index is -2.38. The zero-order valence-corrected chi connectivity index (χ0v) is 20.4. The molecule has 35 heavy (non-hydrogen) atoms. The number of rotatable bonds is 12. The summed E-state index contributed by atoms with van der Waals surface area (Å²) >= 11 is 5.76. The van der Waals surface area contributed by atoms with Crippen molar-refractivity contribution in [3.05, 3.63) is 58.4 Å². The summed E-state index contributed by atoms with van der Waals surface area (Å²) in [6, 6.07) is 9.02. The van der Waals surface area contributed by atoms with Crippen molar-refractivity contribution in [2.24, 2.45) is 11.5 Å². The summed E-state index contributed by atoms with van der Waals surface area (Å²) in [7, 11) is -2.38. The molecular formula is C22H28ClFN5O5P. The standard InChI is InChI=1S/C21H25ClFN4O4P.CH3NO/c22-16-7-4-6-13(19(16)23)5-2-1-3-10-26-18(28)12-27-17-11-14(32(30)31)8-9-15(17)20(24)21(25)29;2-1-3/h4,6-9,11,24,27,30-31H,1-3,5,10,12H2,(H2,25,29)(H,26,28);1H,(H2,2,3). The molecule has 0 unspecified atom stereocenters. The van der Waals surface area contributed by atoms with Crippen LogP contribution in [0.4, 0.5) is 10.1 Å². The number of carbonyl (C=O) groups is 3. The molecule has 2 rings (SSSR count). The van der Waals surface area contributed by atoms with Crippen LogP contribution in [0.15, 0.2) is 36.4 Å². The summed E-state index contributed by atoms with van der Waals surface area (Å²) in [5.41, 5.74) is 9.80. The first-order valence-electron chi connectivity index (χ1n) is 10.4. The minimum Gasteiger partial charge on any atom is -0.376 e. The Morgan fingerprint density at radius 1 is 1.17 bits per heavy atom. The lowest BCUT2D eigenvalue weighted by Crippen LogP contribution is -2.31. The van der Waals surface area contributed by atoms with Crippen molar-refractivity contribution in [3.63, 3.8) is 0 Å². The van der Waals surface area contributed by atoms with Gasteiger partial charge in [0.15, 0.2) is 8.38 Å². The molecule has 9 N–H and O–H groups in total. The lowest BCUT2D eigenvalue weighted by molar-refractivity contribution is -0.119. The number of nitrogens with two attached hydrogens (primary N) is 2. The lowest BCUT2D eigenvalue weighted by Gasteiger charge is -2.14. The van der Waals surface area contributed by atoms with E-state index >= 15 is 0 Å². The highest BCUT2D eigenvalue weighted by Crippen LogP contribution is 2.26. The second-order valence-corrected chi connectivity index (χ2v) is 8.62. The van der Waals surface area contributed by atoms with Crippen LogP contribution < -0.4 is 27.4 Å². The molecule has 0 aliphatic rings. The molecule has 0 saturated heterocycles. The van der Waals surface area contributed by atoms with Crippen molar-refractivity contribution in [1.29, 1.82) is 5.41 Å². The first-order chi connectivity index (χ1) is 16.6. The van der Waals surface area contributed by atoms with E-state index in [1.165, 1.54) is 24.3 Å². The Kier molecular flexibility index (Phi) is 13.4. The van der Waals surface area contributed by atoms with Gasteiger partial charge in [0.1, 0.15) is 11.5 Å². The molecule has 2 aromatic rings. The highest BCUT2D eigenvalue weighted by molar-refractivity contribution is 7.54. The van der Waals surface area contributed by atoms with E-state index in [1.807, 2.05) is 0 Å². The molecule has 2 aromatic carbocycles. The molecule has 0 spiro atoms. The summed E-state index contributed by atoms with van der Waals surface area (Å²) in [6.07, 6.45) is 3.06. The van der Waals surface area contributed by atoms with E-state index in [4.69, 9.17) is 27.5 Å². The number of nitrogens with one attached hydrogen (secondary N) is 3. The third kappa shape index (κ3) is 10.4. The van der Waals surface area contributed by atoms with Gasteiger partial charge >= 0.3 is 0 Å². The molecule has 0 heterocycles. The average Bonchev–Trinajstić information content (AvgIpc) is 2.82. The largest absolute Gasteiger partial charge is 0.376 e. The Bertz CT molecular complexity index is 1040. The Morgan fingerprint density at radius 3 is 2.49 bits per heavy atom. The predicted octanol–water partition coefficient (Wildman–Crippen LogP) is 1.30. The van der Waals surface area contributed by atoms with Crippen molar-refractivity contribution < 1.29 is 28.6 Å². The fraction of sp³-hybridized carbons (Fsp3) is 0.273. The van der Waals surface area contributed by atoms with Crippen molar-refractivity contribution >= 4 is 54.9 Å². The van der Waals surface area contributed by atoms with E-state index in [9.17, 15) is 23.8 Å². The summed E-state index contributed by atoms with van der Waals surface area (Å²) in [6.45, 7) is 0.284. The maximum absolute atomic E-state index is 13.8. The molecule has 0 aliphatic carbocycles. The lowest BCUT2D eigenvalue weighted by atomic mass is 10.1. The first-order valence-corrected chi connectivity index (χ1v) is 12.0. The van der Waals surface area contributed by atoms with Gasteiger partial charge in [-0.15, -0.1) is 0 Å². The topological polar surface area (TPSA) is 192 Å². The van der Waals surface area contributed by atoms with Crippen LogP contribution in [0.2, 0.25) is 5.02 Å². The number of unbranched alkanes of at least 4 members (excludes halogenated alkanes) is 2. The Labute approximate surface area is 208 Å². The van der Waals surface area contributed by atoms with Crippen LogP contribution in [-0.2, 0) is 20.8 Å². The zero-order chi connectivity index (χ0) is 26.4. The second-order valence-electron chi connectivity index (χ2n) is 7.12. The van der Waals surface area contributed by atoms with E-state index in [0.717, 1.165) is 12.8 Å². The average molecular weight is 528 g/mol. The number of halogens is 2. The van der Waals surface area contributed by atoms with E-state index in [1.54, 1.807) is 12.1 Å². The molecule has 0 aromatic heterocycles. The molecule has 0 atom stereocenters. The van der Waals surface area contributed by atoms with Crippen LogP contribution in [0.5, 0.6) is 0 Å². The SMILES string of the molecule is N=C(C(N)=O)c1ccc(P(O)O)cc1NCC(=O)NCCCCCc1cccc(Cl)c1F.NC=O. The summed E-state index contributed by atoms with van der Waals surface area (Å²) in [4.78, 5) is 50.8. The molecule has 0 saturated carbocycles.